The minimum absolute atomic E-state index is 0.0604. The van der Waals surface area contributed by atoms with E-state index < -0.39 is 16.1 Å². The molecule has 0 aliphatic carbocycles. The number of carbonyl (C=O) groups excluding carboxylic acids is 1. The van der Waals surface area contributed by atoms with Gasteiger partial charge in [-0.25, -0.2) is 8.42 Å². The predicted octanol–water partition coefficient (Wildman–Crippen LogP) is 3.92. The lowest BCUT2D eigenvalue weighted by molar-refractivity contribution is -0.128. The van der Waals surface area contributed by atoms with Crippen molar-refractivity contribution in [2.75, 3.05) is 23.7 Å². The summed E-state index contributed by atoms with van der Waals surface area (Å²) in [6, 6.07) is 10.6. The molecule has 174 valence electrons. The number of sulfonamides is 1. The molecule has 2 atom stereocenters. The number of methoxy groups -OCH3 is 1. The second kappa shape index (κ2) is 9.40. The highest BCUT2D eigenvalue weighted by Crippen LogP contribution is 2.36. The molecule has 1 heterocycles. The first-order valence-electron chi connectivity index (χ1n) is 10.8. The lowest BCUT2D eigenvalue weighted by atomic mass is 9.93. The summed E-state index contributed by atoms with van der Waals surface area (Å²) in [4.78, 5) is 13.1. The van der Waals surface area contributed by atoms with Gasteiger partial charge in [0.2, 0.25) is 10.0 Å². The summed E-state index contributed by atoms with van der Waals surface area (Å²) in [6.07, 6.45) is -0.947. The second-order valence-corrected chi connectivity index (χ2v) is 10.5. The Bertz CT molecular complexity index is 1100. The summed E-state index contributed by atoms with van der Waals surface area (Å²) < 4.78 is 38.0. The van der Waals surface area contributed by atoms with E-state index in [1.165, 1.54) is 4.31 Å². The molecule has 32 heavy (non-hydrogen) atoms. The molecule has 0 saturated heterocycles. The van der Waals surface area contributed by atoms with Gasteiger partial charge < -0.3 is 14.8 Å². The highest BCUT2D eigenvalue weighted by molar-refractivity contribution is 7.92. The molecular formula is C24H32N2O5S. The highest BCUT2D eigenvalue weighted by atomic mass is 32.2. The van der Waals surface area contributed by atoms with Crippen molar-refractivity contribution in [1.29, 1.82) is 0 Å². The van der Waals surface area contributed by atoms with E-state index in [1.807, 2.05) is 19.9 Å². The van der Waals surface area contributed by atoms with Gasteiger partial charge in [0.1, 0.15) is 11.5 Å². The molecule has 2 aromatic rings. The van der Waals surface area contributed by atoms with Gasteiger partial charge >= 0.3 is 0 Å². The Kier molecular flexibility index (Phi) is 7.03. The lowest BCUT2D eigenvalue weighted by Gasteiger charge is -2.35. The van der Waals surface area contributed by atoms with Gasteiger partial charge in [0.15, 0.2) is 6.10 Å². The number of anilines is 1. The third-order valence-electron chi connectivity index (χ3n) is 5.79. The molecule has 0 spiro atoms. The molecule has 2 aromatic carbocycles. The standard InChI is InChI=1S/C24H32N2O5S/c1-7-32(28,29)26-14-23(31-21-11-9-8-10-20(21)26)24(27)25-17(5)19-13-18(15(2)3)22(30-6)12-16(19)4/h8-13,15,17,23H,7,14H2,1-6H3,(H,25,27)/t17-,23+/m0/s1. The zero-order chi connectivity index (χ0) is 23.6. The molecule has 0 saturated carbocycles. The highest BCUT2D eigenvalue weighted by Gasteiger charge is 2.36. The normalized spacial score (nSPS) is 16.8. The summed E-state index contributed by atoms with van der Waals surface area (Å²) in [5.74, 6) is 1.05. The van der Waals surface area contributed by atoms with Crippen LogP contribution < -0.4 is 19.1 Å². The largest absolute Gasteiger partial charge is 0.496 e. The van der Waals surface area contributed by atoms with Crippen LogP contribution in [0.5, 0.6) is 11.5 Å². The van der Waals surface area contributed by atoms with Crippen LogP contribution in [0, 0.1) is 6.92 Å². The van der Waals surface area contributed by atoms with Gasteiger partial charge in [-0.2, -0.15) is 0 Å². The van der Waals surface area contributed by atoms with Crippen LogP contribution in [0.4, 0.5) is 5.69 Å². The second-order valence-electron chi connectivity index (χ2n) is 8.34. The molecule has 0 radical (unpaired) electrons. The first kappa shape index (κ1) is 23.9. The Morgan fingerprint density at radius 2 is 1.91 bits per heavy atom. The van der Waals surface area contributed by atoms with Gasteiger partial charge in [-0.15, -0.1) is 0 Å². The molecule has 0 fully saturated rings. The van der Waals surface area contributed by atoms with Crippen LogP contribution in [0.15, 0.2) is 36.4 Å². The number of amides is 1. The quantitative estimate of drug-likeness (QED) is 0.677. The predicted molar refractivity (Wildman–Crippen MR) is 126 cm³/mol. The van der Waals surface area contributed by atoms with Crippen LogP contribution in [0.3, 0.4) is 0 Å². The minimum Gasteiger partial charge on any atom is -0.496 e. The van der Waals surface area contributed by atoms with Gasteiger partial charge in [0, 0.05) is 0 Å². The number of nitrogens with zero attached hydrogens (tertiary/aromatic N) is 1. The molecule has 1 aliphatic rings. The number of benzene rings is 2. The number of para-hydroxylation sites is 2. The molecule has 7 nitrogen and oxygen atoms in total. The van der Waals surface area contributed by atoms with E-state index in [9.17, 15) is 13.2 Å². The van der Waals surface area contributed by atoms with Crippen LogP contribution >= 0.6 is 0 Å². The Balaban J connectivity index is 1.85. The van der Waals surface area contributed by atoms with Crippen LogP contribution in [-0.4, -0.2) is 39.8 Å². The number of ether oxygens (including phenoxy) is 2. The Morgan fingerprint density at radius 1 is 1.22 bits per heavy atom. The van der Waals surface area contributed by atoms with E-state index in [1.54, 1.807) is 38.3 Å². The van der Waals surface area contributed by atoms with Crippen molar-refractivity contribution in [3.8, 4) is 11.5 Å². The maximum absolute atomic E-state index is 13.1. The fourth-order valence-electron chi connectivity index (χ4n) is 3.95. The first-order chi connectivity index (χ1) is 15.1. The van der Waals surface area contributed by atoms with Crippen LogP contribution in [0.1, 0.15) is 56.3 Å². The van der Waals surface area contributed by atoms with Gasteiger partial charge in [0.25, 0.3) is 5.91 Å². The third-order valence-corrected chi connectivity index (χ3v) is 7.54. The summed E-state index contributed by atoms with van der Waals surface area (Å²) in [5, 5.41) is 3.00. The molecule has 3 rings (SSSR count). The van der Waals surface area contributed by atoms with Crippen molar-refractivity contribution >= 4 is 21.6 Å². The number of rotatable bonds is 7. The topological polar surface area (TPSA) is 84.9 Å². The van der Waals surface area contributed by atoms with Crippen LogP contribution in [0.25, 0.3) is 0 Å². The Morgan fingerprint density at radius 3 is 2.53 bits per heavy atom. The number of fused-ring (bicyclic) bond motifs is 1. The number of nitrogens with one attached hydrogen (secondary N) is 1. The number of carbonyl (C=O) groups is 1. The summed E-state index contributed by atoms with van der Waals surface area (Å²) in [5.41, 5.74) is 3.51. The number of hydrogen-bond acceptors (Lipinski definition) is 5. The lowest BCUT2D eigenvalue weighted by Crippen LogP contribution is -2.51. The van der Waals surface area contributed by atoms with Crippen molar-refractivity contribution in [2.45, 2.75) is 52.7 Å². The van der Waals surface area contributed by atoms with E-state index >= 15 is 0 Å². The third kappa shape index (κ3) is 4.70. The van der Waals surface area contributed by atoms with Crippen molar-refractivity contribution in [3.05, 3.63) is 53.1 Å². The average Bonchev–Trinajstić information content (AvgIpc) is 2.77. The molecule has 0 unspecified atom stereocenters. The Labute approximate surface area is 190 Å². The van der Waals surface area contributed by atoms with E-state index in [-0.39, 0.29) is 30.2 Å². The van der Waals surface area contributed by atoms with E-state index in [0.717, 1.165) is 22.4 Å². The van der Waals surface area contributed by atoms with Crippen molar-refractivity contribution in [1.82, 2.24) is 5.32 Å². The molecule has 1 N–H and O–H groups in total. The van der Waals surface area contributed by atoms with Gasteiger partial charge in [-0.05, 0) is 67.6 Å². The summed E-state index contributed by atoms with van der Waals surface area (Å²) in [6.45, 7) is 9.60. The molecule has 1 aliphatic heterocycles. The first-order valence-corrected chi connectivity index (χ1v) is 12.4. The van der Waals surface area contributed by atoms with E-state index in [4.69, 9.17) is 9.47 Å². The summed E-state index contributed by atoms with van der Waals surface area (Å²) >= 11 is 0. The average molecular weight is 461 g/mol. The minimum atomic E-state index is -3.55. The van der Waals surface area contributed by atoms with Crippen LogP contribution in [0.2, 0.25) is 0 Å². The SMILES string of the molecule is CCS(=O)(=O)N1C[C@H](C(=O)N[C@@H](C)c2cc(C(C)C)c(OC)cc2C)Oc2ccccc21. The fraction of sp³-hybridized carbons (Fsp3) is 0.458. The maximum Gasteiger partial charge on any atom is 0.263 e. The number of hydrogen-bond donors (Lipinski definition) is 1. The van der Waals surface area contributed by atoms with Crippen molar-refractivity contribution in [3.63, 3.8) is 0 Å². The zero-order valence-electron chi connectivity index (χ0n) is 19.5. The smallest absolute Gasteiger partial charge is 0.263 e. The van der Waals surface area contributed by atoms with E-state index in [2.05, 4.69) is 25.2 Å². The van der Waals surface area contributed by atoms with Gasteiger partial charge in [-0.1, -0.05) is 26.0 Å². The van der Waals surface area contributed by atoms with E-state index in [0.29, 0.717) is 11.4 Å². The monoisotopic (exact) mass is 460 g/mol. The molecule has 0 bridgehead atoms. The molecule has 8 heteroatoms. The van der Waals surface area contributed by atoms with Crippen molar-refractivity contribution < 1.29 is 22.7 Å². The molecule has 0 aromatic heterocycles. The van der Waals surface area contributed by atoms with Crippen LogP contribution in [-0.2, 0) is 14.8 Å². The van der Waals surface area contributed by atoms with Crippen molar-refractivity contribution in [2.24, 2.45) is 0 Å². The Hall–Kier alpha value is -2.74. The number of aryl methyl sites for hydroxylation is 1. The molecular weight excluding hydrogens is 428 g/mol. The van der Waals surface area contributed by atoms with Gasteiger partial charge in [-0.3, -0.25) is 9.10 Å². The summed E-state index contributed by atoms with van der Waals surface area (Å²) in [7, 11) is -1.90. The van der Waals surface area contributed by atoms with Gasteiger partial charge in [0.05, 0.1) is 31.1 Å². The fourth-order valence-corrected chi connectivity index (χ4v) is 5.08. The molecule has 1 amide bonds. The maximum atomic E-state index is 13.1. The zero-order valence-corrected chi connectivity index (χ0v) is 20.3.